The molecule has 4 heterocycles. The second-order valence-corrected chi connectivity index (χ2v) is 15.0. The fraction of sp³-hybridized carbons (Fsp3) is 0.533. The van der Waals surface area contributed by atoms with Crippen molar-refractivity contribution in [2.24, 2.45) is 21.8 Å². The number of aromatic nitrogens is 1. The number of nitrogens with zero attached hydrogens (tertiary/aromatic N) is 4. The van der Waals surface area contributed by atoms with Gasteiger partial charge in [-0.3, -0.25) is 19.1 Å². The number of aliphatic imine (C=N–C) groups is 1. The van der Waals surface area contributed by atoms with E-state index in [2.05, 4.69) is 30.0 Å². The predicted molar refractivity (Wildman–Crippen MR) is 182 cm³/mol. The van der Waals surface area contributed by atoms with Crippen molar-refractivity contribution in [2.75, 3.05) is 25.4 Å². The molecule has 1 aromatic carbocycles. The van der Waals surface area contributed by atoms with E-state index in [1.807, 2.05) is 6.07 Å². The zero-order valence-electron chi connectivity index (χ0n) is 27.9. The summed E-state index contributed by atoms with van der Waals surface area (Å²) >= 11 is 0.961. The third kappa shape index (κ3) is 8.23. The lowest BCUT2D eigenvalue weighted by Gasteiger charge is -2.50. The number of carboxylic acid groups (broad SMARTS) is 1. The number of hydrogen-bond donors (Lipinski definition) is 7. The van der Waals surface area contributed by atoms with Crippen molar-refractivity contribution in [2.45, 2.75) is 75.8 Å². The monoisotopic (exact) mass is 752 g/mol. The summed E-state index contributed by atoms with van der Waals surface area (Å²) < 4.78 is 41.8. The van der Waals surface area contributed by atoms with Crippen LogP contribution in [0.3, 0.4) is 0 Å². The van der Waals surface area contributed by atoms with E-state index < -0.39 is 57.2 Å². The average Bonchev–Trinajstić information content (AvgIpc) is 3.52. The second-order valence-electron chi connectivity index (χ2n) is 13.1. The minimum absolute atomic E-state index is 0.0465. The van der Waals surface area contributed by atoms with E-state index in [1.165, 1.54) is 26.2 Å². The van der Waals surface area contributed by atoms with Gasteiger partial charge in [-0.1, -0.05) is 5.16 Å². The molecular weight excluding hydrogens is 713 g/mol. The third-order valence-corrected chi connectivity index (χ3v) is 10.1. The average molecular weight is 753 g/mol. The fourth-order valence-electron chi connectivity index (χ4n) is 6.05. The number of β-lactam (4-membered cyclic amide) rings is 1. The Morgan fingerprint density at radius 1 is 1.31 bits per heavy atom. The topological polar surface area (TPSA) is 291 Å². The number of carbonyl (C=O) groups excluding carboxylic acids is 2. The van der Waals surface area contributed by atoms with Crippen LogP contribution in [0.1, 0.15) is 56.9 Å². The van der Waals surface area contributed by atoms with Crippen LogP contribution >= 0.6 is 11.3 Å². The molecule has 0 spiro atoms. The standard InChI is InChI=1S/C30H40N8O11S2/c1-29(2)23(26(41)38(29)49-51(44,45)46)36-25(40)22(19-14-50-28(32)35-19)37-48-30(3,27(42)43)21-7-5-16-11-17(4-6-20(16)47-21)24(31)34-12-15-8-9-33-18(10-15)13-39/h4,6,11,14-15,18,21,23,33,39H,5,7-10,12-13H2,1-3H3,(H2,31,34)(H2,32,35)(H,36,40)(H,42,43)(H,44,45,46)/b37-22-/t15-,18-,21-,23-,30+/m1/s1. The van der Waals surface area contributed by atoms with Crippen LogP contribution in [0.15, 0.2) is 33.7 Å². The molecule has 19 nitrogen and oxygen atoms in total. The number of aliphatic carboxylic acids is 1. The van der Waals surface area contributed by atoms with Crippen molar-refractivity contribution in [1.82, 2.24) is 20.7 Å². The second kappa shape index (κ2) is 14.7. The van der Waals surface area contributed by atoms with Crippen molar-refractivity contribution in [3.63, 3.8) is 0 Å². The van der Waals surface area contributed by atoms with E-state index in [0.717, 1.165) is 36.3 Å². The number of rotatable bonds is 13. The summed E-state index contributed by atoms with van der Waals surface area (Å²) in [6.07, 6.45) is 1.23. The molecule has 21 heteroatoms. The minimum Gasteiger partial charge on any atom is -0.485 e. The Hall–Kier alpha value is -4.41. The molecule has 0 bridgehead atoms. The Balaban J connectivity index is 1.31. The van der Waals surface area contributed by atoms with Crippen LogP contribution in [0.25, 0.3) is 0 Å². The molecule has 0 unspecified atom stereocenters. The number of aliphatic hydroxyl groups excluding tert-OH is 1. The van der Waals surface area contributed by atoms with Crippen molar-refractivity contribution in [3.05, 3.63) is 40.4 Å². The SMILES string of the molecule is CC1(C)[C@H](NC(=O)/C(=N\O[C@](C)(C(=O)O)[C@H]2CCc3cc(C(N)=NC[C@@H]4CCN[C@@H](CO)C4)ccc3O2)c2csc(N)n2)C(=O)N1OS(=O)(=O)O. The lowest BCUT2D eigenvalue weighted by atomic mass is 9.84. The molecule has 5 atom stereocenters. The predicted octanol–water partition coefficient (Wildman–Crippen LogP) is -0.411. The van der Waals surface area contributed by atoms with E-state index >= 15 is 0 Å². The lowest BCUT2D eigenvalue weighted by Crippen LogP contribution is -2.76. The normalized spacial score (nSPS) is 24.8. The number of piperidine rings is 1. The van der Waals surface area contributed by atoms with Gasteiger partial charge in [0.1, 0.15) is 23.3 Å². The Morgan fingerprint density at radius 3 is 2.69 bits per heavy atom. The van der Waals surface area contributed by atoms with Crippen LogP contribution in [0.5, 0.6) is 5.75 Å². The number of oxime groups is 1. The minimum atomic E-state index is -5.03. The number of fused-ring (bicyclic) bond motifs is 1. The van der Waals surface area contributed by atoms with E-state index in [-0.39, 0.29) is 29.9 Å². The van der Waals surface area contributed by atoms with Crippen LogP contribution in [-0.4, -0.2) is 112 Å². The van der Waals surface area contributed by atoms with E-state index in [9.17, 15) is 33.0 Å². The molecule has 0 saturated carbocycles. The molecule has 3 aliphatic heterocycles. The van der Waals surface area contributed by atoms with E-state index in [0.29, 0.717) is 41.1 Å². The highest BCUT2D eigenvalue weighted by Crippen LogP contribution is 2.35. The molecule has 2 saturated heterocycles. The molecule has 2 amide bonds. The highest BCUT2D eigenvalue weighted by Gasteiger charge is 2.58. The largest absolute Gasteiger partial charge is 0.485 e. The number of anilines is 1. The number of aliphatic hydroxyl groups is 1. The summed E-state index contributed by atoms with van der Waals surface area (Å²) in [7, 11) is -5.03. The van der Waals surface area contributed by atoms with Gasteiger partial charge in [0, 0.05) is 23.5 Å². The molecule has 3 aliphatic rings. The summed E-state index contributed by atoms with van der Waals surface area (Å²) in [4.78, 5) is 53.0. The molecule has 1 aromatic heterocycles. The molecule has 51 heavy (non-hydrogen) atoms. The van der Waals surface area contributed by atoms with Gasteiger partial charge in [-0.15, -0.1) is 15.6 Å². The van der Waals surface area contributed by atoms with Gasteiger partial charge >= 0.3 is 16.4 Å². The first-order valence-corrected chi connectivity index (χ1v) is 18.1. The number of amidine groups is 1. The van der Waals surface area contributed by atoms with Crippen molar-refractivity contribution < 1.29 is 51.4 Å². The summed E-state index contributed by atoms with van der Waals surface area (Å²) in [5, 5.41) is 31.1. The molecule has 278 valence electrons. The Labute approximate surface area is 296 Å². The van der Waals surface area contributed by atoms with Crippen LogP contribution < -0.4 is 26.8 Å². The van der Waals surface area contributed by atoms with Gasteiger partial charge in [-0.05, 0) is 82.7 Å². The summed E-state index contributed by atoms with van der Waals surface area (Å²) in [6, 6.07) is 3.92. The Morgan fingerprint density at radius 2 is 2.06 bits per heavy atom. The van der Waals surface area contributed by atoms with Gasteiger partial charge in [-0.2, -0.15) is 13.5 Å². The zero-order valence-corrected chi connectivity index (χ0v) is 29.6. The van der Waals surface area contributed by atoms with Crippen LogP contribution in [0, 0.1) is 5.92 Å². The molecule has 2 fully saturated rings. The van der Waals surface area contributed by atoms with Gasteiger partial charge in [0.25, 0.3) is 17.4 Å². The number of nitrogen functional groups attached to an aromatic ring is 1. The van der Waals surface area contributed by atoms with Crippen molar-refractivity contribution >= 4 is 56.2 Å². The maximum atomic E-state index is 13.5. The number of nitrogens with two attached hydrogens (primary N) is 2. The van der Waals surface area contributed by atoms with Crippen molar-refractivity contribution in [1.29, 1.82) is 0 Å². The first-order valence-electron chi connectivity index (χ1n) is 15.9. The number of ether oxygens (including phenoxy) is 1. The lowest BCUT2D eigenvalue weighted by molar-refractivity contribution is -0.218. The Bertz CT molecular complexity index is 1850. The molecule has 5 rings (SSSR count). The Kier molecular flexibility index (Phi) is 10.9. The van der Waals surface area contributed by atoms with Gasteiger partial charge in [0.2, 0.25) is 0 Å². The molecule has 2 aromatic rings. The van der Waals surface area contributed by atoms with Gasteiger partial charge in [0.05, 0.1) is 12.1 Å². The van der Waals surface area contributed by atoms with Crippen LogP contribution in [0.4, 0.5) is 5.13 Å². The summed E-state index contributed by atoms with van der Waals surface area (Å²) in [5.74, 6) is -2.42. The van der Waals surface area contributed by atoms with Crippen LogP contribution in [-0.2, 0) is 40.3 Å². The van der Waals surface area contributed by atoms with Gasteiger partial charge < -0.3 is 41.9 Å². The number of carboxylic acids is 1. The number of thiazole rings is 1. The number of carbonyl (C=O) groups is 3. The van der Waals surface area contributed by atoms with Crippen molar-refractivity contribution in [3.8, 4) is 5.75 Å². The van der Waals surface area contributed by atoms with Crippen LogP contribution in [0.2, 0.25) is 0 Å². The highest BCUT2D eigenvalue weighted by atomic mass is 32.3. The number of amides is 2. The quantitative estimate of drug-likeness (QED) is 0.0450. The smallest absolute Gasteiger partial charge is 0.418 e. The number of nitrogens with one attached hydrogen (secondary N) is 2. The summed E-state index contributed by atoms with van der Waals surface area (Å²) in [5.41, 5.74) is 9.35. The number of hydrogen-bond acceptors (Lipinski definition) is 15. The van der Waals surface area contributed by atoms with Gasteiger partial charge in [-0.25, -0.2) is 9.78 Å². The number of hydroxylamine groups is 2. The summed E-state index contributed by atoms with van der Waals surface area (Å²) in [6.45, 7) is 5.37. The number of benzene rings is 1. The molecule has 0 aliphatic carbocycles. The molecular formula is C30H40N8O11S2. The fourth-order valence-corrected chi connectivity index (χ4v) is 7.05. The van der Waals surface area contributed by atoms with Gasteiger partial charge in [0.15, 0.2) is 16.9 Å². The maximum Gasteiger partial charge on any atom is 0.418 e. The zero-order chi connectivity index (χ0) is 37.3. The van der Waals surface area contributed by atoms with E-state index in [4.69, 9.17) is 25.6 Å². The highest BCUT2D eigenvalue weighted by molar-refractivity contribution is 7.80. The first kappa shape index (κ1) is 37.8. The maximum absolute atomic E-state index is 13.5. The van der Waals surface area contributed by atoms with E-state index in [1.54, 1.807) is 12.1 Å². The molecule has 9 N–H and O–H groups in total. The number of aryl methyl sites for hydroxylation is 1. The third-order valence-electron chi connectivity index (χ3n) is 9.11. The first-order chi connectivity index (χ1) is 23.9. The molecule has 0 radical (unpaired) electrons.